The lowest BCUT2D eigenvalue weighted by Crippen LogP contribution is -2.43. The molecule has 0 aliphatic heterocycles. The maximum absolute atomic E-state index is 11.3. The highest BCUT2D eigenvalue weighted by atomic mass is 16.3. The number of nitrogens with one attached hydrogen (secondary N) is 2. The van der Waals surface area contributed by atoms with Gasteiger partial charge in [0.25, 0.3) is 0 Å². The van der Waals surface area contributed by atoms with Crippen molar-refractivity contribution in [3.63, 3.8) is 0 Å². The van der Waals surface area contributed by atoms with Gasteiger partial charge in [-0.25, -0.2) is 0 Å². The van der Waals surface area contributed by atoms with E-state index in [1.807, 2.05) is 13.8 Å². The first-order valence-electron chi connectivity index (χ1n) is 4.51. The summed E-state index contributed by atoms with van der Waals surface area (Å²) in [5.41, 5.74) is -0.427. The van der Waals surface area contributed by atoms with Gasteiger partial charge in [-0.3, -0.25) is 4.79 Å². The van der Waals surface area contributed by atoms with Gasteiger partial charge in [-0.1, -0.05) is 0 Å². The predicted octanol–water partition coefficient (Wildman–Crippen LogP) is -0.271. The van der Waals surface area contributed by atoms with Crippen LogP contribution in [0.2, 0.25) is 0 Å². The fourth-order valence-corrected chi connectivity index (χ4v) is 1.01. The molecule has 0 unspecified atom stereocenters. The molecule has 13 heavy (non-hydrogen) atoms. The van der Waals surface area contributed by atoms with Crippen LogP contribution in [0, 0.1) is 5.41 Å². The number of aliphatic hydroxyl groups excluding tert-OH is 1. The number of hydrogen-bond donors (Lipinski definition) is 3. The molecule has 0 saturated carbocycles. The molecule has 0 aromatic carbocycles. The number of hydrogen-bond acceptors (Lipinski definition) is 3. The molecular weight excluding hydrogens is 168 g/mol. The van der Waals surface area contributed by atoms with Crippen molar-refractivity contribution in [3.8, 4) is 0 Å². The zero-order valence-electron chi connectivity index (χ0n) is 8.85. The number of rotatable bonds is 5. The average Bonchev–Trinajstić information content (AvgIpc) is 2.01. The predicted molar refractivity (Wildman–Crippen MR) is 52.4 cm³/mol. The molecule has 0 aliphatic rings. The molecular formula is C9H20N2O2. The smallest absolute Gasteiger partial charge is 0.226 e. The van der Waals surface area contributed by atoms with Gasteiger partial charge >= 0.3 is 0 Å². The summed E-state index contributed by atoms with van der Waals surface area (Å²) in [7, 11) is 1.62. The molecule has 4 heteroatoms. The van der Waals surface area contributed by atoms with E-state index in [0.29, 0.717) is 13.1 Å². The monoisotopic (exact) mass is 188 g/mol. The molecule has 0 aromatic heterocycles. The summed E-state index contributed by atoms with van der Waals surface area (Å²) in [6.07, 6.45) is -0.375. The maximum atomic E-state index is 11.3. The summed E-state index contributed by atoms with van der Waals surface area (Å²) in [6.45, 7) is 6.51. The molecule has 0 heterocycles. The third-order valence-electron chi connectivity index (χ3n) is 1.85. The normalized spacial score (nSPS) is 13.9. The standard InChI is InChI=1S/C9H20N2O2/c1-7(12)5-11-6-9(2,3)8(13)10-4/h7,11-12H,5-6H2,1-4H3,(H,10,13)/t7-/m0/s1. The fraction of sp³-hybridized carbons (Fsp3) is 0.889. The Morgan fingerprint density at radius 3 is 2.46 bits per heavy atom. The quantitative estimate of drug-likeness (QED) is 0.556. The highest BCUT2D eigenvalue weighted by Gasteiger charge is 2.25. The largest absolute Gasteiger partial charge is 0.392 e. The topological polar surface area (TPSA) is 61.4 Å². The first-order valence-corrected chi connectivity index (χ1v) is 4.51. The average molecular weight is 188 g/mol. The second-order valence-corrected chi connectivity index (χ2v) is 3.94. The van der Waals surface area contributed by atoms with Crippen LogP contribution in [0.15, 0.2) is 0 Å². The van der Waals surface area contributed by atoms with Crippen LogP contribution in [0.4, 0.5) is 0 Å². The van der Waals surface area contributed by atoms with Gasteiger partial charge in [0.05, 0.1) is 11.5 Å². The second kappa shape index (κ2) is 5.19. The molecule has 0 bridgehead atoms. The van der Waals surface area contributed by atoms with E-state index in [1.165, 1.54) is 0 Å². The van der Waals surface area contributed by atoms with Crippen molar-refractivity contribution in [2.45, 2.75) is 26.9 Å². The van der Waals surface area contributed by atoms with Gasteiger partial charge < -0.3 is 15.7 Å². The Bertz CT molecular complexity index is 167. The minimum absolute atomic E-state index is 0.00518. The number of carbonyl (C=O) groups excluding carboxylic acids is 1. The minimum Gasteiger partial charge on any atom is -0.392 e. The summed E-state index contributed by atoms with van der Waals surface area (Å²) in [6, 6.07) is 0. The second-order valence-electron chi connectivity index (χ2n) is 3.94. The summed E-state index contributed by atoms with van der Waals surface area (Å²) in [5.74, 6) is 0.00518. The van der Waals surface area contributed by atoms with E-state index in [-0.39, 0.29) is 12.0 Å². The van der Waals surface area contributed by atoms with Gasteiger partial charge in [0.2, 0.25) is 5.91 Å². The van der Waals surface area contributed by atoms with Crippen molar-refractivity contribution in [2.75, 3.05) is 20.1 Å². The van der Waals surface area contributed by atoms with Crippen LogP contribution in [0.3, 0.4) is 0 Å². The van der Waals surface area contributed by atoms with Crippen molar-refractivity contribution in [1.82, 2.24) is 10.6 Å². The summed E-state index contributed by atoms with van der Waals surface area (Å²) < 4.78 is 0. The Labute approximate surface area is 79.7 Å². The lowest BCUT2D eigenvalue weighted by Gasteiger charge is -2.23. The molecule has 0 spiro atoms. The number of carbonyl (C=O) groups is 1. The van der Waals surface area contributed by atoms with Crippen LogP contribution in [-0.4, -0.2) is 37.3 Å². The van der Waals surface area contributed by atoms with Crippen molar-refractivity contribution in [3.05, 3.63) is 0 Å². The summed E-state index contributed by atoms with van der Waals surface area (Å²) in [5, 5.41) is 14.6. The van der Waals surface area contributed by atoms with Crippen LogP contribution in [0.25, 0.3) is 0 Å². The van der Waals surface area contributed by atoms with Crippen molar-refractivity contribution in [2.24, 2.45) is 5.41 Å². The molecule has 3 N–H and O–H groups in total. The van der Waals surface area contributed by atoms with Crippen LogP contribution in [-0.2, 0) is 4.79 Å². The third kappa shape index (κ3) is 4.85. The van der Waals surface area contributed by atoms with Gasteiger partial charge in [0.1, 0.15) is 0 Å². The van der Waals surface area contributed by atoms with Crippen LogP contribution >= 0.6 is 0 Å². The Kier molecular flexibility index (Phi) is 4.95. The zero-order valence-corrected chi connectivity index (χ0v) is 8.85. The van der Waals surface area contributed by atoms with Gasteiger partial charge in [0.15, 0.2) is 0 Å². The van der Waals surface area contributed by atoms with Crippen LogP contribution < -0.4 is 10.6 Å². The van der Waals surface area contributed by atoms with Crippen molar-refractivity contribution in [1.29, 1.82) is 0 Å². The molecule has 0 aromatic rings. The molecule has 4 nitrogen and oxygen atoms in total. The molecule has 0 aliphatic carbocycles. The van der Waals surface area contributed by atoms with E-state index in [0.717, 1.165) is 0 Å². The van der Waals surface area contributed by atoms with Crippen LogP contribution in [0.5, 0.6) is 0 Å². The lowest BCUT2D eigenvalue weighted by molar-refractivity contribution is -0.128. The number of aliphatic hydroxyl groups is 1. The molecule has 1 atom stereocenters. The molecule has 0 radical (unpaired) electrons. The van der Waals surface area contributed by atoms with E-state index in [4.69, 9.17) is 5.11 Å². The lowest BCUT2D eigenvalue weighted by atomic mass is 9.92. The highest BCUT2D eigenvalue weighted by molar-refractivity contribution is 5.81. The van der Waals surface area contributed by atoms with Gasteiger partial charge in [-0.2, -0.15) is 0 Å². The fourth-order valence-electron chi connectivity index (χ4n) is 1.01. The Balaban J connectivity index is 3.82. The molecule has 0 saturated heterocycles. The van der Waals surface area contributed by atoms with E-state index >= 15 is 0 Å². The molecule has 0 fully saturated rings. The summed E-state index contributed by atoms with van der Waals surface area (Å²) >= 11 is 0. The van der Waals surface area contributed by atoms with E-state index in [1.54, 1.807) is 14.0 Å². The highest BCUT2D eigenvalue weighted by Crippen LogP contribution is 2.12. The van der Waals surface area contributed by atoms with Crippen molar-refractivity contribution < 1.29 is 9.90 Å². The first-order chi connectivity index (χ1) is 5.90. The minimum atomic E-state index is -0.427. The Morgan fingerprint density at radius 2 is 2.08 bits per heavy atom. The zero-order chi connectivity index (χ0) is 10.5. The Morgan fingerprint density at radius 1 is 1.54 bits per heavy atom. The maximum Gasteiger partial charge on any atom is 0.226 e. The van der Waals surface area contributed by atoms with Gasteiger partial charge in [0, 0.05) is 20.1 Å². The summed E-state index contributed by atoms with van der Waals surface area (Å²) in [4.78, 5) is 11.3. The molecule has 78 valence electrons. The van der Waals surface area contributed by atoms with Crippen LogP contribution in [0.1, 0.15) is 20.8 Å². The third-order valence-corrected chi connectivity index (χ3v) is 1.85. The van der Waals surface area contributed by atoms with E-state index in [2.05, 4.69) is 10.6 Å². The number of amides is 1. The van der Waals surface area contributed by atoms with Gasteiger partial charge in [-0.05, 0) is 20.8 Å². The molecule has 0 rings (SSSR count). The SMILES string of the molecule is CNC(=O)C(C)(C)CNC[C@H](C)O. The van der Waals surface area contributed by atoms with Crippen molar-refractivity contribution >= 4 is 5.91 Å². The first kappa shape index (κ1) is 12.4. The van der Waals surface area contributed by atoms with Gasteiger partial charge in [-0.15, -0.1) is 0 Å². The Hall–Kier alpha value is -0.610. The van der Waals surface area contributed by atoms with E-state index < -0.39 is 5.41 Å². The van der Waals surface area contributed by atoms with E-state index in [9.17, 15) is 4.79 Å². The molecule has 1 amide bonds.